The summed E-state index contributed by atoms with van der Waals surface area (Å²) in [4.78, 5) is 0. The monoisotopic (exact) mass is 267 g/mol. The summed E-state index contributed by atoms with van der Waals surface area (Å²) in [6.45, 7) is 5.81. The van der Waals surface area contributed by atoms with Crippen molar-refractivity contribution in [3.63, 3.8) is 0 Å². The second-order valence-electron chi connectivity index (χ2n) is 6.21. The number of rotatable bonds is 4. The Morgan fingerprint density at radius 2 is 1.85 bits per heavy atom. The Morgan fingerprint density at radius 1 is 1.05 bits per heavy atom. The molecule has 0 radical (unpaired) electrons. The predicted molar refractivity (Wildman–Crippen MR) is 87.2 cm³/mol. The number of fused-ring (bicyclic) bond motifs is 1. The lowest BCUT2D eigenvalue weighted by molar-refractivity contribution is 0.405. The summed E-state index contributed by atoms with van der Waals surface area (Å²) < 4.78 is 0. The maximum absolute atomic E-state index is 3.72. The van der Waals surface area contributed by atoms with Crippen LogP contribution in [0.15, 0.2) is 42.5 Å². The van der Waals surface area contributed by atoms with Gasteiger partial charge in [-0.3, -0.25) is 0 Å². The molecule has 106 valence electrons. The molecule has 0 aromatic heterocycles. The molecule has 20 heavy (non-hydrogen) atoms. The highest BCUT2D eigenvalue weighted by atomic mass is 14.9. The van der Waals surface area contributed by atoms with E-state index in [9.17, 15) is 0 Å². The molecule has 0 heterocycles. The maximum atomic E-state index is 3.72. The van der Waals surface area contributed by atoms with Gasteiger partial charge in [0.25, 0.3) is 0 Å². The largest absolute Gasteiger partial charge is 0.314 e. The van der Waals surface area contributed by atoms with Crippen molar-refractivity contribution >= 4 is 10.8 Å². The number of benzene rings is 2. The lowest BCUT2D eigenvalue weighted by Crippen LogP contribution is -2.32. The van der Waals surface area contributed by atoms with Gasteiger partial charge in [0.15, 0.2) is 0 Å². The van der Waals surface area contributed by atoms with Crippen molar-refractivity contribution in [1.82, 2.24) is 5.32 Å². The van der Waals surface area contributed by atoms with E-state index >= 15 is 0 Å². The second kappa shape index (κ2) is 5.97. The molecular weight excluding hydrogens is 242 g/mol. The van der Waals surface area contributed by atoms with Gasteiger partial charge in [-0.1, -0.05) is 56.3 Å². The fourth-order valence-electron chi connectivity index (χ4n) is 3.69. The molecule has 1 saturated carbocycles. The summed E-state index contributed by atoms with van der Waals surface area (Å²) in [7, 11) is 0. The zero-order valence-corrected chi connectivity index (χ0v) is 12.6. The Hall–Kier alpha value is -1.34. The summed E-state index contributed by atoms with van der Waals surface area (Å²) in [6, 6.07) is 16.4. The molecule has 2 aromatic rings. The number of hydrogen-bond donors (Lipinski definition) is 1. The minimum atomic E-state index is 0.700. The summed E-state index contributed by atoms with van der Waals surface area (Å²) in [6.07, 6.45) is 3.86. The predicted octanol–water partition coefficient (Wildman–Crippen LogP) is 4.72. The molecule has 1 fully saturated rings. The smallest absolute Gasteiger partial charge is 0.00987 e. The van der Waals surface area contributed by atoms with Gasteiger partial charge >= 0.3 is 0 Å². The van der Waals surface area contributed by atoms with Gasteiger partial charge < -0.3 is 5.32 Å². The van der Waals surface area contributed by atoms with E-state index in [2.05, 4.69) is 61.6 Å². The quantitative estimate of drug-likeness (QED) is 0.845. The second-order valence-corrected chi connectivity index (χ2v) is 6.21. The molecule has 0 amide bonds. The average Bonchev–Trinajstić information content (AvgIpc) is 2.85. The highest BCUT2D eigenvalue weighted by molar-refractivity contribution is 5.83. The van der Waals surface area contributed by atoms with E-state index in [0.29, 0.717) is 12.0 Å². The molecule has 1 heteroatoms. The Balaban J connectivity index is 1.81. The van der Waals surface area contributed by atoms with E-state index < -0.39 is 0 Å². The van der Waals surface area contributed by atoms with Crippen LogP contribution in [-0.4, -0.2) is 12.6 Å². The van der Waals surface area contributed by atoms with E-state index in [0.717, 1.165) is 12.5 Å². The van der Waals surface area contributed by atoms with Crippen molar-refractivity contribution in [3.8, 4) is 0 Å². The first-order chi connectivity index (χ1) is 9.79. The Morgan fingerprint density at radius 3 is 2.65 bits per heavy atom. The topological polar surface area (TPSA) is 12.0 Å². The van der Waals surface area contributed by atoms with Gasteiger partial charge in [-0.15, -0.1) is 0 Å². The standard InChI is InChI=1S/C19H25N/c1-3-12-20-19-11-10-18(14(19)2)17-9-8-15-6-4-5-7-16(15)13-17/h4-9,13-14,18-20H,3,10-12H2,1-2H3. The van der Waals surface area contributed by atoms with Crippen LogP contribution in [0.5, 0.6) is 0 Å². The lowest BCUT2D eigenvalue weighted by atomic mass is 9.88. The molecule has 0 aliphatic heterocycles. The highest BCUT2D eigenvalue weighted by Crippen LogP contribution is 2.40. The molecule has 1 aliphatic carbocycles. The number of hydrogen-bond acceptors (Lipinski definition) is 1. The van der Waals surface area contributed by atoms with Crippen LogP contribution in [0.25, 0.3) is 10.8 Å². The van der Waals surface area contributed by atoms with Gasteiger partial charge in [0.1, 0.15) is 0 Å². The summed E-state index contributed by atoms with van der Waals surface area (Å²) in [5.41, 5.74) is 1.52. The first-order valence-corrected chi connectivity index (χ1v) is 8.01. The van der Waals surface area contributed by atoms with E-state index in [1.54, 1.807) is 0 Å². The third-order valence-corrected chi connectivity index (χ3v) is 4.92. The van der Waals surface area contributed by atoms with Crippen LogP contribution >= 0.6 is 0 Å². The minimum Gasteiger partial charge on any atom is -0.314 e. The summed E-state index contributed by atoms with van der Waals surface area (Å²) in [5.74, 6) is 1.46. The van der Waals surface area contributed by atoms with Crippen molar-refractivity contribution in [2.45, 2.75) is 45.1 Å². The van der Waals surface area contributed by atoms with Gasteiger partial charge in [-0.2, -0.15) is 0 Å². The van der Waals surface area contributed by atoms with E-state index in [4.69, 9.17) is 0 Å². The molecule has 1 aliphatic rings. The van der Waals surface area contributed by atoms with Gasteiger partial charge in [0.05, 0.1) is 0 Å². The fraction of sp³-hybridized carbons (Fsp3) is 0.474. The molecule has 3 atom stereocenters. The third-order valence-electron chi connectivity index (χ3n) is 4.92. The Labute approximate surface area is 122 Å². The van der Waals surface area contributed by atoms with Crippen molar-refractivity contribution in [1.29, 1.82) is 0 Å². The van der Waals surface area contributed by atoms with Crippen molar-refractivity contribution in [3.05, 3.63) is 48.0 Å². The molecule has 3 unspecified atom stereocenters. The Kier molecular flexibility index (Phi) is 4.07. The zero-order valence-electron chi connectivity index (χ0n) is 12.6. The van der Waals surface area contributed by atoms with Crippen molar-refractivity contribution in [2.24, 2.45) is 5.92 Å². The van der Waals surface area contributed by atoms with Crippen LogP contribution in [0.2, 0.25) is 0 Å². The van der Waals surface area contributed by atoms with Crippen molar-refractivity contribution < 1.29 is 0 Å². The molecule has 0 saturated heterocycles. The van der Waals surface area contributed by atoms with Gasteiger partial charge in [-0.05, 0) is 54.0 Å². The molecule has 0 spiro atoms. The average molecular weight is 267 g/mol. The van der Waals surface area contributed by atoms with Crippen LogP contribution in [-0.2, 0) is 0 Å². The molecule has 3 rings (SSSR count). The van der Waals surface area contributed by atoms with E-state index in [1.807, 2.05) is 0 Å². The van der Waals surface area contributed by atoms with Crippen LogP contribution < -0.4 is 5.32 Å². The molecule has 2 aromatic carbocycles. The molecule has 1 nitrogen and oxygen atoms in total. The van der Waals surface area contributed by atoms with Crippen LogP contribution in [0.4, 0.5) is 0 Å². The lowest BCUT2D eigenvalue weighted by Gasteiger charge is -2.22. The molecule has 1 N–H and O–H groups in total. The van der Waals surface area contributed by atoms with E-state index in [1.165, 1.54) is 35.6 Å². The Bertz CT molecular complexity index is 575. The normalized spacial score (nSPS) is 26.2. The minimum absolute atomic E-state index is 0.700. The zero-order chi connectivity index (χ0) is 13.9. The van der Waals surface area contributed by atoms with Crippen molar-refractivity contribution in [2.75, 3.05) is 6.54 Å². The van der Waals surface area contributed by atoms with Gasteiger partial charge in [-0.25, -0.2) is 0 Å². The maximum Gasteiger partial charge on any atom is 0.00987 e. The first-order valence-electron chi connectivity index (χ1n) is 8.01. The van der Waals surface area contributed by atoms with Crippen LogP contribution in [0, 0.1) is 5.92 Å². The van der Waals surface area contributed by atoms with Crippen LogP contribution in [0.3, 0.4) is 0 Å². The summed E-state index contributed by atoms with van der Waals surface area (Å²) >= 11 is 0. The first kappa shape index (κ1) is 13.6. The van der Waals surface area contributed by atoms with E-state index in [-0.39, 0.29) is 0 Å². The van der Waals surface area contributed by atoms with Gasteiger partial charge in [0.2, 0.25) is 0 Å². The third kappa shape index (κ3) is 2.60. The highest BCUT2D eigenvalue weighted by Gasteiger charge is 2.33. The van der Waals surface area contributed by atoms with Gasteiger partial charge in [0, 0.05) is 6.04 Å². The number of nitrogens with one attached hydrogen (secondary N) is 1. The fourth-order valence-corrected chi connectivity index (χ4v) is 3.69. The SMILES string of the molecule is CCCNC1CCC(c2ccc3ccccc3c2)C1C. The summed E-state index contributed by atoms with van der Waals surface area (Å²) in [5, 5.41) is 6.44. The molecular formula is C19H25N. The molecule has 0 bridgehead atoms. The van der Waals surface area contributed by atoms with Crippen LogP contribution in [0.1, 0.15) is 44.6 Å².